The standard InChI is InChI=1S/C23H28N2O5/c1-3-29-23(28)30-20-12-10-19(11-13-20)22(27)25-16-4-15-24-21(26)14-9-18-7-5-17(2)6-8-18/h5-8,10-13H,3-4,9,14-16H2,1-2H3,(H,24,26)(H,25,27). The van der Waals surface area contributed by atoms with E-state index in [1.165, 1.54) is 17.7 Å². The van der Waals surface area contributed by atoms with E-state index in [9.17, 15) is 14.4 Å². The van der Waals surface area contributed by atoms with Crippen LogP contribution < -0.4 is 15.4 Å². The number of aryl methyl sites for hydroxylation is 2. The molecule has 0 spiro atoms. The Kier molecular flexibility index (Phi) is 9.37. The molecule has 0 heterocycles. The maximum Gasteiger partial charge on any atom is 0.513 e. The van der Waals surface area contributed by atoms with Crippen molar-refractivity contribution in [1.82, 2.24) is 10.6 Å². The van der Waals surface area contributed by atoms with Crippen molar-refractivity contribution in [1.29, 1.82) is 0 Å². The van der Waals surface area contributed by atoms with Crippen LogP contribution in [0.15, 0.2) is 48.5 Å². The number of nitrogens with one attached hydrogen (secondary N) is 2. The van der Waals surface area contributed by atoms with Gasteiger partial charge in [0.2, 0.25) is 5.91 Å². The van der Waals surface area contributed by atoms with Crippen LogP contribution in [0, 0.1) is 6.92 Å². The molecule has 0 aliphatic rings. The van der Waals surface area contributed by atoms with Gasteiger partial charge in [0.25, 0.3) is 5.91 Å². The SMILES string of the molecule is CCOC(=O)Oc1ccc(C(=O)NCCCNC(=O)CCc2ccc(C)cc2)cc1. The minimum absolute atomic E-state index is 0.000843. The summed E-state index contributed by atoms with van der Waals surface area (Å²) in [5.41, 5.74) is 2.79. The van der Waals surface area contributed by atoms with Crippen LogP contribution >= 0.6 is 0 Å². The molecule has 2 aromatic carbocycles. The molecule has 2 amide bonds. The molecule has 0 aliphatic carbocycles. The summed E-state index contributed by atoms with van der Waals surface area (Å²) < 4.78 is 9.63. The van der Waals surface area contributed by atoms with Gasteiger partial charge in [0.15, 0.2) is 0 Å². The molecule has 0 radical (unpaired) electrons. The first kappa shape index (κ1) is 22.9. The first-order chi connectivity index (χ1) is 14.5. The van der Waals surface area contributed by atoms with Crippen LogP contribution in [0.5, 0.6) is 5.75 Å². The van der Waals surface area contributed by atoms with E-state index in [-0.39, 0.29) is 18.4 Å². The van der Waals surface area contributed by atoms with Gasteiger partial charge in [0.05, 0.1) is 6.61 Å². The van der Waals surface area contributed by atoms with Crippen molar-refractivity contribution in [2.24, 2.45) is 0 Å². The first-order valence-electron chi connectivity index (χ1n) is 10.0. The molecule has 0 aromatic heterocycles. The number of benzene rings is 2. The molecule has 0 saturated carbocycles. The fraction of sp³-hybridized carbons (Fsp3) is 0.348. The molecular formula is C23H28N2O5. The molecule has 0 unspecified atom stereocenters. The third-order valence-electron chi connectivity index (χ3n) is 4.30. The lowest BCUT2D eigenvalue weighted by Gasteiger charge is -2.08. The highest BCUT2D eigenvalue weighted by molar-refractivity contribution is 5.94. The molecule has 2 rings (SSSR count). The number of hydrogen-bond donors (Lipinski definition) is 2. The predicted octanol–water partition coefficient (Wildman–Crippen LogP) is 3.40. The summed E-state index contributed by atoms with van der Waals surface area (Å²) >= 11 is 0. The normalized spacial score (nSPS) is 10.2. The topological polar surface area (TPSA) is 93.7 Å². The van der Waals surface area contributed by atoms with Gasteiger partial charge in [-0.05, 0) is 56.5 Å². The van der Waals surface area contributed by atoms with Gasteiger partial charge in [0.1, 0.15) is 5.75 Å². The maximum absolute atomic E-state index is 12.1. The van der Waals surface area contributed by atoms with E-state index >= 15 is 0 Å². The van der Waals surface area contributed by atoms with Crippen molar-refractivity contribution in [3.8, 4) is 5.75 Å². The molecular weight excluding hydrogens is 384 g/mol. The van der Waals surface area contributed by atoms with Crippen molar-refractivity contribution in [2.75, 3.05) is 19.7 Å². The third kappa shape index (κ3) is 8.34. The van der Waals surface area contributed by atoms with Crippen LogP contribution in [0.4, 0.5) is 4.79 Å². The fourth-order valence-corrected chi connectivity index (χ4v) is 2.64. The summed E-state index contributed by atoms with van der Waals surface area (Å²) in [7, 11) is 0. The Balaban J connectivity index is 1.60. The van der Waals surface area contributed by atoms with E-state index in [1.54, 1.807) is 19.1 Å². The Morgan fingerprint density at radius 3 is 2.23 bits per heavy atom. The summed E-state index contributed by atoms with van der Waals surface area (Å²) in [5, 5.41) is 5.66. The van der Waals surface area contributed by atoms with E-state index in [4.69, 9.17) is 4.74 Å². The highest BCUT2D eigenvalue weighted by Gasteiger charge is 2.08. The van der Waals surface area contributed by atoms with Crippen LogP contribution in [0.25, 0.3) is 0 Å². The van der Waals surface area contributed by atoms with Crippen molar-refractivity contribution in [2.45, 2.75) is 33.1 Å². The molecule has 7 heteroatoms. The number of ether oxygens (including phenoxy) is 2. The van der Waals surface area contributed by atoms with E-state index in [0.29, 0.717) is 43.7 Å². The number of carbonyl (C=O) groups excluding carboxylic acids is 3. The average molecular weight is 412 g/mol. The molecule has 0 fully saturated rings. The molecule has 0 aliphatic heterocycles. The van der Waals surface area contributed by atoms with Crippen LogP contribution in [0.3, 0.4) is 0 Å². The van der Waals surface area contributed by atoms with Crippen molar-refractivity contribution < 1.29 is 23.9 Å². The van der Waals surface area contributed by atoms with Crippen LogP contribution in [-0.4, -0.2) is 37.7 Å². The Morgan fingerprint density at radius 2 is 1.57 bits per heavy atom. The van der Waals surface area contributed by atoms with Gasteiger partial charge < -0.3 is 20.1 Å². The lowest BCUT2D eigenvalue weighted by atomic mass is 10.1. The second kappa shape index (κ2) is 12.3. The zero-order chi connectivity index (χ0) is 21.8. The van der Waals surface area contributed by atoms with Gasteiger partial charge in [-0.3, -0.25) is 9.59 Å². The number of rotatable bonds is 10. The minimum atomic E-state index is -0.782. The summed E-state index contributed by atoms with van der Waals surface area (Å²) in [6.07, 6.45) is 0.996. The van der Waals surface area contributed by atoms with Crippen molar-refractivity contribution in [3.63, 3.8) is 0 Å². The highest BCUT2D eigenvalue weighted by atomic mass is 16.7. The van der Waals surface area contributed by atoms with Crippen molar-refractivity contribution >= 4 is 18.0 Å². The lowest BCUT2D eigenvalue weighted by molar-refractivity contribution is -0.121. The maximum atomic E-state index is 12.1. The number of carbonyl (C=O) groups is 3. The molecule has 2 aromatic rings. The smallest absolute Gasteiger partial charge is 0.434 e. The van der Waals surface area contributed by atoms with Crippen LogP contribution in [-0.2, 0) is 16.0 Å². The lowest BCUT2D eigenvalue weighted by Crippen LogP contribution is -2.30. The molecule has 160 valence electrons. The fourth-order valence-electron chi connectivity index (χ4n) is 2.64. The highest BCUT2D eigenvalue weighted by Crippen LogP contribution is 2.13. The molecule has 0 bridgehead atoms. The Labute approximate surface area is 176 Å². The van der Waals surface area contributed by atoms with Crippen molar-refractivity contribution in [3.05, 3.63) is 65.2 Å². The van der Waals surface area contributed by atoms with E-state index in [1.807, 2.05) is 31.2 Å². The van der Waals surface area contributed by atoms with Gasteiger partial charge in [-0.1, -0.05) is 29.8 Å². The summed E-state index contributed by atoms with van der Waals surface area (Å²) in [6, 6.07) is 14.3. The largest absolute Gasteiger partial charge is 0.513 e. The molecule has 2 N–H and O–H groups in total. The van der Waals surface area contributed by atoms with Gasteiger partial charge in [-0.15, -0.1) is 0 Å². The zero-order valence-corrected chi connectivity index (χ0v) is 17.4. The summed E-state index contributed by atoms with van der Waals surface area (Å²) in [4.78, 5) is 35.3. The quantitative estimate of drug-likeness (QED) is 0.354. The second-order valence-corrected chi connectivity index (χ2v) is 6.75. The predicted molar refractivity (Wildman–Crippen MR) is 114 cm³/mol. The number of hydrogen-bond acceptors (Lipinski definition) is 5. The Bertz CT molecular complexity index is 832. The minimum Gasteiger partial charge on any atom is -0.434 e. The second-order valence-electron chi connectivity index (χ2n) is 6.75. The Morgan fingerprint density at radius 1 is 0.900 bits per heavy atom. The zero-order valence-electron chi connectivity index (χ0n) is 17.4. The van der Waals surface area contributed by atoms with E-state index < -0.39 is 6.16 Å². The molecule has 0 saturated heterocycles. The van der Waals surface area contributed by atoms with Gasteiger partial charge in [0, 0.05) is 25.1 Å². The first-order valence-corrected chi connectivity index (χ1v) is 10.0. The van der Waals surface area contributed by atoms with Gasteiger partial charge in [-0.25, -0.2) is 4.79 Å². The van der Waals surface area contributed by atoms with Crippen LogP contribution in [0.1, 0.15) is 41.3 Å². The molecule has 30 heavy (non-hydrogen) atoms. The Hall–Kier alpha value is -3.35. The third-order valence-corrected chi connectivity index (χ3v) is 4.30. The number of amides is 2. The van der Waals surface area contributed by atoms with E-state index in [2.05, 4.69) is 15.4 Å². The van der Waals surface area contributed by atoms with Gasteiger partial charge >= 0.3 is 6.16 Å². The molecule has 7 nitrogen and oxygen atoms in total. The summed E-state index contributed by atoms with van der Waals surface area (Å²) in [6.45, 7) is 4.89. The average Bonchev–Trinajstić information content (AvgIpc) is 2.73. The van der Waals surface area contributed by atoms with E-state index in [0.717, 1.165) is 5.56 Å². The van der Waals surface area contributed by atoms with Gasteiger partial charge in [-0.2, -0.15) is 0 Å². The summed E-state index contributed by atoms with van der Waals surface area (Å²) in [5.74, 6) is 0.0702. The monoisotopic (exact) mass is 412 g/mol. The van der Waals surface area contributed by atoms with Crippen LogP contribution in [0.2, 0.25) is 0 Å². The molecule has 0 atom stereocenters.